The van der Waals surface area contributed by atoms with Gasteiger partial charge in [-0.1, -0.05) is 18.7 Å². The summed E-state index contributed by atoms with van der Waals surface area (Å²) in [7, 11) is 1.59. The van der Waals surface area contributed by atoms with Gasteiger partial charge in [0.05, 0.1) is 5.56 Å². The number of anilines is 1. The van der Waals surface area contributed by atoms with Crippen LogP contribution in [0.3, 0.4) is 0 Å². The van der Waals surface area contributed by atoms with E-state index in [9.17, 15) is 9.59 Å². The van der Waals surface area contributed by atoms with Gasteiger partial charge in [0.1, 0.15) is 6.61 Å². The van der Waals surface area contributed by atoms with Crippen LogP contribution in [-0.2, 0) is 23.8 Å². The van der Waals surface area contributed by atoms with Gasteiger partial charge in [0, 0.05) is 35.3 Å². The summed E-state index contributed by atoms with van der Waals surface area (Å²) in [5, 5.41) is 2.94. The molecule has 0 radical (unpaired) electrons. The predicted octanol–water partition coefficient (Wildman–Crippen LogP) is 6.74. The van der Waals surface area contributed by atoms with Gasteiger partial charge in [-0.3, -0.25) is 8.98 Å². The van der Waals surface area contributed by atoms with Gasteiger partial charge < -0.3 is 19.5 Å². The number of carbonyl (C=O) groups is 2. The van der Waals surface area contributed by atoms with Crippen molar-refractivity contribution in [1.29, 1.82) is 0 Å². The first-order chi connectivity index (χ1) is 18.9. The molecular weight excluding hydrogens is 514 g/mol. The van der Waals surface area contributed by atoms with Crippen molar-refractivity contribution in [2.45, 2.75) is 62.0 Å². The van der Waals surface area contributed by atoms with E-state index in [0.29, 0.717) is 16.8 Å². The summed E-state index contributed by atoms with van der Waals surface area (Å²) in [4.78, 5) is 26.2. The van der Waals surface area contributed by atoms with Gasteiger partial charge in [-0.15, -0.1) is 0 Å². The lowest BCUT2D eigenvalue weighted by Crippen LogP contribution is -2.48. The average molecular weight is 552 g/mol. The van der Waals surface area contributed by atoms with Crippen molar-refractivity contribution in [3.05, 3.63) is 71.8 Å². The van der Waals surface area contributed by atoms with Crippen LogP contribution in [0, 0.1) is 17.8 Å². The standard InChI is InChI=1S/C31H37NO6S/c1-4-11-36-30(34)24-5-8-26(9-6-24)32-29(33)25-7-10-27(28(15-25)39-38-19-37-20(2)35-3)31-16-21-12-22(17-31)14-23(13-21)18-31/h4-10,15,20-23H,1,11-14,16-19H2,2-3H3,(H,32,33). The minimum absolute atomic E-state index is 0.0813. The first-order valence-electron chi connectivity index (χ1n) is 13.7. The number of esters is 1. The molecule has 0 aromatic heterocycles. The zero-order valence-corrected chi connectivity index (χ0v) is 23.5. The molecule has 1 unspecified atom stereocenters. The number of benzene rings is 2. The van der Waals surface area contributed by atoms with Crippen LogP contribution >= 0.6 is 12.0 Å². The molecule has 0 saturated heterocycles. The number of rotatable bonds is 12. The van der Waals surface area contributed by atoms with Gasteiger partial charge in [-0.25, -0.2) is 4.79 Å². The molecule has 4 fully saturated rings. The first-order valence-corrected chi connectivity index (χ1v) is 14.4. The van der Waals surface area contributed by atoms with Gasteiger partial charge in [-0.05, 0) is 111 Å². The van der Waals surface area contributed by atoms with Crippen molar-refractivity contribution in [2.75, 3.05) is 25.8 Å². The summed E-state index contributed by atoms with van der Waals surface area (Å²) >= 11 is 1.28. The molecule has 0 spiro atoms. The van der Waals surface area contributed by atoms with E-state index in [4.69, 9.17) is 18.4 Å². The summed E-state index contributed by atoms with van der Waals surface area (Å²) in [6.07, 6.45) is 8.92. The maximum Gasteiger partial charge on any atom is 0.338 e. The monoisotopic (exact) mass is 551 g/mol. The molecule has 6 rings (SSSR count). The second kappa shape index (κ2) is 12.3. The van der Waals surface area contributed by atoms with Gasteiger partial charge in [0.2, 0.25) is 0 Å². The Morgan fingerprint density at radius 3 is 2.31 bits per heavy atom. The van der Waals surface area contributed by atoms with Crippen LogP contribution in [0.5, 0.6) is 0 Å². The van der Waals surface area contributed by atoms with E-state index in [1.807, 2.05) is 19.1 Å². The first kappa shape index (κ1) is 27.9. The molecule has 4 aliphatic rings. The van der Waals surface area contributed by atoms with E-state index >= 15 is 0 Å². The number of methoxy groups -OCH3 is 1. The predicted molar refractivity (Wildman–Crippen MR) is 151 cm³/mol. The Labute approximate surface area is 234 Å². The summed E-state index contributed by atoms with van der Waals surface area (Å²) in [5.41, 5.74) is 3.01. The second-order valence-corrected chi connectivity index (χ2v) is 12.0. The SMILES string of the molecule is C=CCOC(=O)c1ccc(NC(=O)c2ccc(C34CC5CC(CC(C5)C3)C4)c(SOCOC(C)OC)c2)cc1. The highest BCUT2D eigenvalue weighted by atomic mass is 32.2. The molecule has 2 aromatic rings. The summed E-state index contributed by atoms with van der Waals surface area (Å²) in [6.45, 7) is 5.59. The zero-order valence-electron chi connectivity index (χ0n) is 22.6. The Balaban J connectivity index is 1.33. The Kier molecular flexibility index (Phi) is 8.76. The molecule has 1 atom stereocenters. The van der Waals surface area contributed by atoms with Gasteiger partial charge in [0.25, 0.3) is 5.91 Å². The molecule has 4 aliphatic carbocycles. The van der Waals surface area contributed by atoms with Crippen LogP contribution in [0.25, 0.3) is 0 Å². The molecule has 4 bridgehead atoms. The van der Waals surface area contributed by atoms with E-state index in [0.717, 1.165) is 22.6 Å². The van der Waals surface area contributed by atoms with Crippen LogP contribution in [0.2, 0.25) is 0 Å². The molecular formula is C31H37NO6S. The third-order valence-electron chi connectivity index (χ3n) is 8.40. The molecule has 0 aliphatic heterocycles. The maximum absolute atomic E-state index is 13.2. The molecule has 2 aromatic carbocycles. The highest BCUT2D eigenvalue weighted by molar-refractivity contribution is 7.94. The smallest absolute Gasteiger partial charge is 0.338 e. The summed E-state index contributed by atoms with van der Waals surface area (Å²) in [5.74, 6) is 1.77. The number of amides is 1. The van der Waals surface area contributed by atoms with Gasteiger partial charge in [-0.2, -0.15) is 0 Å². The minimum atomic E-state index is -0.432. The topological polar surface area (TPSA) is 83.1 Å². The van der Waals surface area contributed by atoms with Crippen molar-refractivity contribution in [3.8, 4) is 0 Å². The Morgan fingerprint density at radius 2 is 1.69 bits per heavy atom. The lowest BCUT2D eigenvalue weighted by atomic mass is 9.48. The molecule has 4 saturated carbocycles. The van der Waals surface area contributed by atoms with Gasteiger partial charge in [0.15, 0.2) is 13.1 Å². The Morgan fingerprint density at radius 1 is 1.05 bits per heavy atom. The Bertz CT molecular complexity index is 1160. The van der Waals surface area contributed by atoms with E-state index in [1.165, 1.54) is 62.2 Å². The van der Waals surface area contributed by atoms with E-state index < -0.39 is 5.97 Å². The fourth-order valence-electron chi connectivity index (χ4n) is 7.00. The quantitative estimate of drug-likeness (QED) is 0.103. The van der Waals surface area contributed by atoms with Crippen molar-refractivity contribution < 1.29 is 28.0 Å². The summed E-state index contributed by atoms with van der Waals surface area (Å²) < 4.78 is 21.6. The maximum atomic E-state index is 13.2. The number of ether oxygens (including phenoxy) is 3. The molecule has 208 valence electrons. The van der Waals surface area contributed by atoms with Crippen molar-refractivity contribution in [3.63, 3.8) is 0 Å². The molecule has 8 heteroatoms. The van der Waals surface area contributed by atoms with E-state index in [2.05, 4.69) is 18.0 Å². The largest absolute Gasteiger partial charge is 0.458 e. The third kappa shape index (κ3) is 6.40. The fourth-order valence-corrected chi connectivity index (χ4v) is 7.78. The van der Waals surface area contributed by atoms with Crippen molar-refractivity contribution in [2.24, 2.45) is 17.8 Å². The fraction of sp³-hybridized carbons (Fsp3) is 0.484. The Hall–Kier alpha value is -2.65. The lowest BCUT2D eigenvalue weighted by molar-refractivity contribution is -0.146. The third-order valence-corrected chi connectivity index (χ3v) is 9.13. The molecule has 39 heavy (non-hydrogen) atoms. The van der Waals surface area contributed by atoms with Crippen LogP contribution in [-0.4, -0.2) is 38.7 Å². The van der Waals surface area contributed by atoms with E-state index in [1.54, 1.807) is 31.4 Å². The number of carbonyl (C=O) groups excluding carboxylic acids is 2. The van der Waals surface area contributed by atoms with Crippen LogP contribution < -0.4 is 5.32 Å². The zero-order chi connectivity index (χ0) is 27.4. The van der Waals surface area contributed by atoms with E-state index in [-0.39, 0.29) is 31.0 Å². The minimum Gasteiger partial charge on any atom is -0.458 e. The number of hydrogen-bond donors (Lipinski definition) is 1. The van der Waals surface area contributed by atoms with Crippen LogP contribution in [0.1, 0.15) is 71.7 Å². The van der Waals surface area contributed by atoms with Crippen molar-refractivity contribution in [1.82, 2.24) is 0 Å². The van der Waals surface area contributed by atoms with Crippen LogP contribution in [0.4, 0.5) is 5.69 Å². The lowest BCUT2D eigenvalue weighted by Gasteiger charge is -2.57. The molecule has 1 amide bonds. The average Bonchev–Trinajstić information content (AvgIpc) is 2.93. The second-order valence-electron chi connectivity index (χ2n) is 11.1. The van der Waals surface area contributed by atoms with Gasteiger partial charge >= 0.3 is 5.97 Å². The van der Waals surface area contributed by atoms with Crippen molar-refractivity contribution >= 4 is 29.6 Å². The molecule has 7 nitrogen and oxygen atoms in total. The highest BCUT2D eigenvalue weighted by Crippen LogP contribution is 2.61. The number of nitrogens with one attached hydrogen (secondary N) is 1. The number of hydrogen-bond acceptors (Lipinski definition) is 7. The van der Waals surface area contributed by atoms with Crippen LogP contribution in [0.15, 0.2) is 60.0 Å². The molecule has 1 N–H and O–H groups in total. The summed E-state index contributed by atoms with van der Waals surface area (Å²) in [6, 6.07) is 12.7. The molecule has 0 heterocycles. The highest BCUT2D eigenvalue weighted by Gasteiger charge is 2.52. The normalized spacial score (nSPS) is 25.7.